The van der Waals surface area contributed by atoms with Gasteiger partial charge in [-0.3, -0.25) is 0 Å². The van der Waals surface area contributed by atoms with E-state index in [0.717, 1.165) is 24.8 Å². The van der Waals surface area contributed by atoms with Gasteiger partial charge in [0.15, 0.2) is 0 Å². The number of nitrogens with zero attached hydrogens (tertiary/aromatic N) is 1. The molecule has 0 aliphatic heterocycles. The Balaban J connectivity index is 2.29. The highest BCUT2D eigenvalue weighted by molar-refractivity contribution is 7.89. The quantitative estimate of drug-likeness (QED) is 0.872. The van der Waals surface area contributed by atoms with Gasteiger partial charge >= 0.3 is 0 Å². The van der Waals surface area contributed by atoms with Gasteiger partial charge in [0.1, 0.15) is 0 Å². The van der Waals surface area contributed by atoms with Crippen molar-refractivity contribution in [3.63, 3.8) is 0 Å². The Morgan fingerprint density at radius 3 is 2.55 bits per heavy atom. The van der Waals surface area contributed by atoms with Crippen molar-refractivity contribution in [2.75, 3.05) is 12.8 Å². The molecule has 0 saturated heterocycles. The molecular weight excluding hydrogens is 272 g/mol. The summed E-state index contributed by atoms with van der Waals surface area (Å²) in [4.78, 5) is 0.302. The topological polar surface area (TPSA) is 63.4 Å². The zero-order chi connectivity index (χ0) is 14.9. The summed E-state index contributed by atoms with van der Waals surface area (Å²) in [7, 11) is -1.76. The Hall–Kier alpha value is -1.07. The average Bonchev–Trinajstić information content (AvgIpc) is 2.36. The molecule has 0 heterocycles. The van der Waals surface area contributed by atoms with E-state index in [9.17, 15) is 8.42 Å². The van der Waals surface area contributed by atoms with Gasteiger partial charge in [-0.05, 0) is 49.4 Å². The van der Waals surface area contributed by atoms with Crippen LogP contribution in [0.4, 0.5) is 5.69 Å². The van der Waals surface area contributed by atoms with Crippen molar-refractivity contribution >= 4 is 15.7 Å². The van der Waals surface area contributed by atoms with Gasteiger partial charge < -0.3 is 5.73 Å². The summed E-state index contributed by atoms with van der Waals surface area (Å²) in [5.41, 5.74) is 7.14. The predicted molar refractivity (Wildman–Crippen MR) is 82.0 cm³/mol. The molecular formula is C15H24N2O2S. The second kappa shape index (κ2) is 5.74. The van der Waals surface area contributed by atoms with Crippen LogP contribution in [0, 0.1) is 12.8 Å². The molecule has 1 aromatic rings. The van der Waals surface area contributed by atoms with Crippen LogP contribution >= 0.6 is 0 Å². The van der Waals surface area contributed by atoms with Crippen molar-refractivity contribution in [1.29, 1.82) is 0 Å². The fourth-order valence-corrected chi connectivity index (χ4v) is 4.56. The number of hydrogen-bond acceptors (Lipinski definition) is 3. The molecule has 0 radical (unpaired) electrons. The molecule has 0 amide bonds. The molecule has 2 rings (SSSR count). The van der Waals surface area contributed by atoms with Gasteiger partial charge in [0.2, 0.25) is 10.0 Å². The molecule has 2 unspecified atom stereocenters. The second-order valence-electron chi connectivity index (χ2n) is 6.03. The van der Waals surface area contributed by atoms with Crippen molar-refractivity contribution in [2.24, 2.45) is 5.92 Å². The maximum atomic E-state index is 12.7. The first-order valence-electron chi connectivity index (χ1n) is 7.16. The fraction of sp³-hybridized carbons (Fsp3) is 0.600. The van der Waals surface area contributed by atoms with Crippen LogP contribution in [0.2, 0.25) is 0 Å². The number of anilines is 1. The smallest absolute Gasteiger partial charge is 0.243 e. The van der Waals surface area contributed by atoms with E-state index in [-0.39, 0.29) is 6.04 Å². The fourth-order valence-electron chi connectivity index (χ4n) is 3.02. The Bertz CT molecular complexity index is 563. The van der Waals surface area contributed by atoms with Gasteiger partial charge in [0.05, 0.1) is 4.90 Å². The van der Waals surface area contributed by atoms with Crippen LogP contribution < -0.4 is 5.73 Å². The van der Waals surface area contributed by atoms with Crippen molar-refractivity contribution in [2.45, 2.75) is 50.5 Å². The van der Waals surface area contributed by atoms with E-state index in [1.54, 1.807) is 25.2 Å². The van der Waals surface area contributed by atoms with E-state index in [0.29, 0.717) is 16.5 Å². The molecule has 1 aliphatic rings. The highest BCUT2D eigenvalue weighted by Crippen LogP contribution is 2.30. The maximum absolute atomic E-state index is 12.7. The Kier molecular flexibility index (Phi) is 4.39. The summed E-state index contributed by atoms with van der Waals surface area (Å²) in [6.45, 7) is 4.05. The van der Waals surface area contributed by atoms with Crippen molar-refractivity contribution < 1.29 is 8.42 Å². The van der Waals surface area contributed by atoms with E-state index >= 15 is 0 Å². The third-order valence-electron chi connectivity index (χ3n) is 4.17. The molecule has 0 aromatic heterocycles. The van der Waals surface area contributed by atoms with Crippen LogP contribution in [0.3, 0.4) is 0 Å². The van der Waals surface area contributed by atoms with E-state index in [1.807, 2.05) is 6.92 Å². The highest BCUT2D eigenvalue weighted by Gasteiger charge is 2.31. The summed E-state index contributed by atoms with van der Waals surface area (Å²) in [6, 6.07) is 5.12. The monoisotopic (exact) mass is 296 g/mol. The largest absolute Gasteiger partial charge is 0.399 e. The summed E-state index contributed by atoms with van der Waals surface area (Å²) >= 11 is 0. The third-order valence-corrected chi connectivity index (χ3v) is 6.06. The number of nitrogens with two attached hydrogens (primary N) is 1. The minimum absolute atomic E-state index is 0.102. The average molecular weight is 296 g/mol. The minimum atomic E-state index is -3.45. The lowest BCUT2D eigenvalue weighted by Gasteiger charge is -2.33. The molecule has 5 heteroatoms. The van der Waals surface area contributed by atoms with Crippen LogP contribution in [0.1, 0.15) is 38.2 Å². The van der Waals surface area contributed by atoms with Crippen molar-refractivity contribution in [1.82, 2.24) is 4.31 Å². The first-order chi connectivity index (χ1) is 9.30. The Morgan fingerprint density at radius 2 is 1.95 bits per heavy atom. The number of rotatable bonds is 3. The zero-order valence-electron chi connectivity index (χ0n) is 12.5. The van der Waals surface area contributed by atoms with Gasteiger partial charge in [0, 0.05) is 18.8 Å². The molecule has 20 heavy (non-hydrogen) atoms. The van der Waals surface area contributed by atoms with E-state index in [4.69, 9.17) is 5.73 Å². The number of sulfonamides is 1. The van der Waals surface area contributed by atoms with Gasteiger partial charge in [-0.25, -0.2) is 8.42 Å². The number of aryl methyl sites for hydroxylation is 1. The Labute approximate surface area is 122 Å². The molecule has 1 fully saturated rings. The summed E-state index contributed by atoms with van der Waals surface area (Å²) in [5, 5.41) is 0. The molecule has 0 spiro atoms. The second-order valence-corrected chi connectivity index (χ2v) is 8.02. The summed E-state index contributed by atoms with van der Waals surface area (Å²) in [5.74, 6) is 0.592. The van der Waals surface area contributed by atoms with Gasteiger partial charge in [0.25, 0.3) is 0 Å². The van der Waals surface area contributed by atoms with Gasteiger partial charge in [-0.2, -0.15) is 4.31 Å². The number of hydrogen-bond donors (Lipinski definition) is 1. The predicted octanol–water partition coefficient (Wildman–Crippen LogP) is 2.78. The minimum Gasteiger partial charge on any atom is -0.399 e. The first-order valence-corrected chi connectivity index (χ1v) is 8.60. The zero-order valence-corrected chi connectivity index (χ0v) is 13.3. The van der Waals surface area contributed by atoms with Crippen LogP contribution in [0.15, 0.2) is 23.1 Å². The summed E-state index contributed by atoms with van der Waals surface area (Å²) in [6.07, 6.45) is 4.18. The van der Waals surface area contributed by atoms with E-state index in [1.165, 1.54) is 10.7 Å². The van der Waals surface area contributed by atoms with Crippen molar-refractivity contribution in [3.05, 3.63) is 23.8 Å². The molecule has 0 bridgehead atoms. The molecule has 1 aromatic carbocycles. The van der Waals surface area contributed by atoms with Crippen LogP contribution in [-0.4, -0.2) is 25.8 Å². The normalized spacial score (nSPS) is 24.0. The van der Waals surface area contributed by atoms with E-state index < -0.39 is 10.0 Å². The molecule has 1 saturated carbocycles. The molecule has 112 valence electrons. The SMILES string of the molecule is Cc1cc(N)cc(S(=O)(=O)N(C)C2CCCC(C)C2)c1. The number of benzene rings is 1. The maximum Gasteiger partial charge on any atom is 0.243 e. The standard InChI is InChI=1S/C15H24N2O2S/c1-11-5-4-6-14(8-11)17(3)20(18,19)15-9-12(2)7-13(16)10-15/h7,9-11,14H,4-6,8,16H2,1-3H3. The highest BCUT2D eigenvalue weighted by atomic mass is 32.2. The molecule has 2 N–H and O–H groups in total. The lowest BCUT2D eigenvalue weighted by molar-refractivity contribution is 0.239. The summed E-state index contributed by atoms with van der Waals surface area (Å²) < 4.78 is 27.0. The lowest BCUT2D eigenvalue weighted by atomic mass is 9.87. The molecule has 1 aliphatic carbocycles. The van der Waals surface area contributed by atoms with Crippen molar-refractivity contribution in [3.8, 4) is 0 Å². The van der Waals surface area contributed by atoms with Gasteiger partial charge in [-0.15, -0.1) is 0 Å². The van der Waals surface area contributed by atoms with Gasteiger partial charge in [-0.1, -0.05) is 19.8 Å². The van der Waals surface area contributed by atoms with Crippen LogP contribution in [0.25, 0.3) is 0 Å². The number of nitrogen functional groups attached to an aromatic ring is 1. The van der Waals surface area contributed by atoms with Crippen LogP contribution in [0.5, 0.6) is 0 Å². The van der Waals surface area contributed by atoms with Crippen LogP contribution in [-0.2, 0) is 10.0 Å². The molecule has 4 nitrogen and oxygen atoms in total. The lowest BCUT2D eigenvalue weighted by Crippen LogP contribution is -2.39. The third kappa shape index (κ3) is 3.15. The first kappa shape index (κ1) is 15.3. The molecule has 2 atom stereocenters. The van der Waals surface area contributed by atoms with E-state index in [2.05, 4.69) is 6.92 Å². The Morgan fingerprint density at radius 1 is 1.25 bits per heavy atom.